The first-order valence-electron chi connectivity index (χ1n) is 3.21. The lowest BCUT2D eigenvalue weighted by Gasteiger charge is -2.00. The Bertz CT molecular complexity index is 413. The second kappa shape index (κ2) is 2.71. The number of hydrogen-bond acceptors (Lipinski definition) is 4. The highest BCUT2D eigenvalue weighted by Crippen LogP contribution is 2.17. The third kappa shape index (κ3) is 0.953. The molecule has 62 valence electrons. The fraction of sp³-hybridized carbons (Fsp3) is 0.167. The van der Waals surface area contributed by atoms with Gasteiger partial charge in [0.15, 0.2) is 0 Å². The molecule has 0 saturated heterocycles. The molecule has 0 spiro atoms. The maximum absolute atomic E-state index is 4.99. The molecule has 0 atom stereocenters. The van der Waals surface area contributed by atoms with Crippen LogP contribution in [0.2, 0.25) is 0 Å². The molecule has 0 unspecified atom stereocenters. The molecule has 0 fully saturated rings. The van der Waals surface area contributed by atoms with E-state index < -0.39 is 0 Å². The second-order valence-corrected chi connectivity index (χ2v) is 2.93. The molecule has 2 heterocycles. The number of halogens is 1. The maximum Gasteiger partial charge on any atom is 0.260 e. The van der Waals surface area contributed by atoms with E-state index in [1.54, 1.807) is 24.0 Å². The first kappa shape index (κ1) is 7.48. The minimum atomic E-state index is 0.468. The van der Waals surface area contributed by atoms with Crippen molar-refractivity contribution in [3.63, 3.8) is 0 Å². The molecular weight excluding hydrogens is 224 g/mol. The summed E-state index contributed by atoms with van der Waals surface area (Å²) in [4.78, 5) is 4.00. The Labute approximate surface area is 76.5 Å². The van der Waals surface area contributed by atoms with Crippen LogP contribution >= 0.6 is 15.9 Å². The van der Waals surface area contributed by atoms with Crippen molar-refractivity contribution >= 4 is 21.6 Å². The summed E-state index contributed by atoms with van der Waals surface area (Å²) in [6.45, 7) is 0. The van der Waals surface area contributed by atoms with Crippen LogP contribution in [0.5, 0.6) is 5.88 Å². The van der Waals surface area contributed by atoms with Crippen LogP contribution in [0, 0.1) is 0 Å². The number of methoxy groups -OCH3 is 1. The molecule has 0 amide bonds. The van der Waals surface area contributed by atoms with Gasteiger partial charge in [0, 0.05) is 0 Å². The Morgan fingerprint density at radius 3 is 3.17 bits per heavy atom. The molecule has 0 aliphatic rings. The van der Waals surface area contributed by atoms with E-state index in [0.29, 0.717) is 11.5 Å². The number of hydrogen-bond donors (Lipinski definition) is 0. The van der Waals surface area contributed by atoms with Gasteiger partial charge in [-0.25, -0.2) is 4.98 Å². The van der Waals surface area contributed by atoms with Crippen molar-refractivity contribution in [2.45, 2.75) is 0 Å². The van der Waals surface area contributed by atoms with Gasteiger partial charge >= 0.3 is 0 Å². The zero-order chi connectivity index (χ0) is 8.55. The van der Waals surface area contributed by atoms with E-state index in [0.717, 1.165) is 4.60 Å². The normalized spacial score (nSPS) is 10.5. The van der Waals surface area contributed by atoms with Crippen LogP contribution in [0.15, 0.2) is 17.1 Å². The number of aromatic nitrogens is 4. The Balaban J connectivity index is 2.82. The lowest BCUT2D eigenvalue weighted by atomic mass is 10.6. The van der Waals surface area contributed by atoms with Crippen molar-refractivity contribution < 1.29 is 4.74 Å². The van der Waals surface area contributed by atoms with Crippen molar-refractivity contribution in [1.29, 1.82) is 0 Å². The Hall–Kier alpha value is -1.17. The summed E-state index contributed by atoms with van der Waals surface area (Å²) in [5.41, 5.74) is 0.604. The first-order chi connectivity index (χ1) is 5.83. The van der Waals surface area contributed by atoms with Gasteiger partial charge in [0.25, 0.3) is 5.88 Å². The molecule has 0 aromatic carbocycles. The van der Waals surface area contributed by atoms with Crippen molar-refractivity contribution in [2.24, 2.45) is 0 Å². The van der Waals surface area contributed by atoms with Crippen LogP contribution in [0.25, 0.3) is 5.65 Å². The summed E-state index contributed by atoms with van der Waals surface area (Å²) in [6.07, 6.45) is 3.22. The van der Waals surface area contributed by atoms with E-state index in [1.165, 1.54) is 0 Å². The van der Waals surface area contributed by atoms with Gasteiger partial charge in [-0.15, -0.1) is 10.2 Å². The molecule has 0 radical (unpaired) electrons. The highest BCUT2D eigenvalue weighted by atomic mass is 79.9. The molecule has 0 saturated carbocycles. The minimum Gasteiger partial charge on any atom is -0.478 e. The third-order valence-corrected chi connectivity index (χ3v) is 2.04. The predicted molar refractivity (Wildman–Crippen MR) is 45.0 cm³/mol. The van der Waals surface area contributed by atoms with Crippen molar-refractivity contribution in [2.75, 3.05) is 7.11 Å². The monoisotopic (exact) mass is 228 g/mol. The molecule has 6 heteroatoms. The molecule has 2 aromatic heterocycles. The van der Waals surface area contributed by atoms with Crippen LogP contribution in [-0.4, -0.2) is 26.7 Å². The Morgan fingerprint density at radius 1 is 1.58 bits per heavy atom. The van der Waals surface area contributed by atoms with E-state index in [9.17, 15) is 0 Å². The summed E-state index contributed by atoms with van der Waals surface area (Å²) in [6, 6.07) is 0. The van der Waals surface area contributed by atoms with Gasteiger partial charge in [-0.3, -0.25) is 4.40 Å². The zero-order valence-electron chi connectivity index (χ0n) is 6.23. The van der Waals surface area contributed by atoms with Crippen molar-refractivity contribution in [3.05, 3.63) is 17.1 Å². The molecule has 2 rings (SSSR count). The lowest BCUT2D eigenvalue weighted by Crippen LogP contribution is -1.94. The molecule has 0 bridgehead atoms. The number of ether oxygens (including phenoxy) is 1. The van der Waals surface area contributed by atoms with Gasteiger partial charge in [-0.2, -0.15) is 0 Å². The van der Waals surface area contributed by atoms with Gasteiger partial charge in [0.05, 0.1) is 13.3 Å². The topological polar surface area (TPSA) is 52.3 Å². The highest BCUT2D eigenvalue weighted by Gasteiger charge is 2.06. The quantitative estimate of drug-likeness (QED) is 0.728. The van der Waals surface area contributed by atoms with Gasteiger partial charge in [0.2, 0.25) is 5.65 Å². The predicted octanol–water partition coefficient (Wildman–Crippen LogP) is 0.895. The molecule has 0 aliphatic heterocycles. The van der Waals surface area contributed by atoms with Crippen LogP contribution in [0.1, 0.15) is 0 Å². The number of nitrogens with zero attached hydrogens (tertiary/aromatic N) is 4. The Kier molecular flexibility index (Phi) is 1.69. The first-order valence-corrected chi connectivity index (χ1v) is 4.00. The largest absolute Gasteiger partial charge is 0.478 e. The number of fused-ring (bicyclic) bond motifs is 1. The standard InChI is InChI=1S/C6H5BrN4O/c1-12-6-5-10-9-3-11(5)4(7)2-8-6/h2-3H,1H3. The Morgan fingerprint density at radius 2 is 2.42 bits per heavy atom. The van der Waals surface area contributed by atoms with Gasteiger partial charge in [0.1, 0.15) is 10.9 Å². The molecule has 2 aromatic rings. The van der Waals surface area contributed by atoms with E-state index in [4.69, 9.17) is 4.74 Å². The van der Waals surface area contributed by atoms with E-state index in [2.05, 4.69) is 31.1 Å². The zero-order valence-corrected chi connectivity index (χ0v) is 7.82. The fourth-order valence-electron chi connectivity index (χ4n) is 0.913. The second-order valence-electron chi connectivity index (χ2n) is 2.11. The summed E-state index contributed by atoms with van der Waals surface area (Å²) in [5, 5.41) is 7.58. The fourth-order valence-corrected chi connectivity index (χ4v) is 1.27. The van der Waals surface area contributed by atoms with E-state index >= 15 is 0 Å². The van der Waals surface area contributed by atoms with Crippen LogP contribution in [0.3, 0.4) is 0 Å². The van der Waals surface area contributed by atoms with Gasteiger partial charge in [-0.1, -0.05) is 0 Å². The molecule has 0 N–H and O–H groups in total. The minimum absolute atomic E-state index is 0.468. The summed E-state index contributed by atoms with van der Waals surface area (Å²) in [7, 11) is 1.55. The van der Waals surface area contributed by atoms with Crippen LogP contribution < -0.4 is 4.74 Å². The highest BCUT2D eigenvalue weighted by molar-refractivity contribution is 9.10. The molecule has 12 heavy (non-hydrogen) atoms. The smallest absolute Gasteiger partial charge is 0.260 e. The maximum atomic E-state index is 4.99. The lowest BCUT2D eigenvalue weighted by molar-refractivity contribution is 0.399. The van der Waals surface area contributed by atoms with Crippen molar-refractivity contribution in [1.82, 2.24) is 19.6 Å². The van der Waals surface area contributed by atoms with Gasteiger partial charge < -0.3 is 4.74 Å². The van der Waals surface area contributed by atoms with E-state index in [1.807, 2.05) is 0 Å². The average Bonchev–Trinajstić information content (AvgIpc) is 2.54. The third-order valence-electron chi connectivity index (χ3n) is 1.45. The van der Waals surface area contributed by atoms with E-state index in [-0.39, 0.29) is 0 Å². The summed E-state index contributed by atoms with van der Waals surface area (Å²) in [5.74, 6) is 0.468. The van der Waals surface area contributed by atoms with Crippen LogP contribution in [0.4, 0.5) is 0 Å². The molecule has 5 nitrogen and oxygen atoms in total. The summed E-state index contributed by atoms with van der Waals surface area (Å²) >= 11 is 3.30. The van der Waals surface area contributed by atoms with Crippen LogP contribution in [-0.2, 0) is 0 Å². The number of rotatable bonds is 1. The molecular formula is C6H5BrN4O. The van der Waals surface area contributed by atoms with Crippen molar-refractivity contribution in [3.8, 4) is 5.88 Å². The van der Waals surface area contributed by atoms with Gasteiger partial charge in [-0.05, 0) is 15.9 Å². The SMILES string of the molecule is COc1ncc(Br)n2cnnc12. The summed E-state index contributed by atoms with van der Waals surface area (Å²) < 4.78 is 7.52. The average molecular weight is 229 g/mol. The molecule has 0 aliphatic carbocycles.